The third-order valence-electron chi connectivity index (χ3n) is 5.25. The van der Waals surface area contributed by atoms with Crippen LogP contribution in [-0.4, -0.2) is 55.1 Å². The molecule has 0 spiro atoms. The molecule has 0 radical (unpaired) electrons. The summed E-state index contributed by atoms with van der Waals surface area (Å²) in [4.78, 5) is 24.3. The van der Waals surface area contributed by atoms with Gasteiger partial charge in [0.2, 0.25) is 0 Å². The Balaban J connectivity index is 1.59. The van der Waals surface area contributed by atoms with Gasteiger partial charge in [-0.25, -0.2) is 4.98 Å². The molecule has 0 bridgehead atoms. The number of aldehydes is 1. The van der Waals surface area contributed by atoms with Crippen molar-refractivity contribution in [2.75, 3.05) is 41.9 Å². The Morgan fingerprint density at radius 2 is 2.14 bits per heavy atom. The summed E-state index contributed by atoms with van der Waals surface area (Å²) in [6, 6.07) is 12.0. The summed E-state index contributed by atoms with van der Waals surface area (Å²) in [5.41, 5.74) is 2.00. The summed E-state index contributed by atoms with van der Waals surface area (Å²) in [7, 11) is 1.67. The topological polar surface area (TPSA) is 73.5 Å². The van der Waals surface area contributed by atoms with Crippen LogP contribution in [0.2, 0.25) is 0 Å². The zero-order chi connectivity index (χ0) is 20.4. The molecular weight excluding hydrogens is 366 g/mol. The molecule has 1 atom stereocenters. The number of nitrogens with one attached hydrogen (secondary N) is 2. The molecule has 2 N–H and O–H groups in total. The number of H-pyrrole nitrogens is 1. The van der Waals surface area contributed by atoms with E-state index in [0.29, 0.717) is 12.6 Å². The van der Waals surface area contributed by atoms with E-state index in [1.807, 2.05) is 30.3 Å². The minimum absolute atomic E-state index is 0.267. The number of aromatic nitrogens is 2. The Bertz CT molecular complexity index is 1000. The molecule has 0 aliphatic carbocycles. The summed E-state index contributed by atoms with van der Waals surface area (Å²) in [6.07, 6.45) is 2.82. The van der Waals surface area contributed by atoms with Gasteiger partial charge in [0.25, 0.3) is 0 Å². The maximum absolute atomic E-state index is 12.0. The number of aromatic amines is 1. The Morgan fingerprint density at radius 3 is 2.90 bits per heavy atom. The number of carbonyl (C=O) groups excluding carboxylic acids is 1. The number of methoxy groups -OCH3 is 1. The first kappa shape index (κ1) is 19.1. The van der Waals surface area contributed by atoms with Crippen molar-refractivity contribution in [3.05, 3.63) is 42.6 Å². The van der Waals surface area contributed by atoms with Crippen LogP contribution in [0.1, 0.15) is 13.8 Å². The number of hydrogen-bond donors (Lipinski definition) is 2. The molecule has 1 aromatic carbocycles. The zero-order valence-corrected chi connectivity index (χ0v) is 17.1. The quantitative estimate of drug-likeness (QED) is 0.626. The van der Waals surface area contributed by atoms with Gasteiger partial charge in [0.1, 0.15) is 23.9 Å². The van der Waals surface area contributed by atoms with Crippen LogP contribution in [0.5, 0.6) is 5.75 Å². The van der Waals surface area contributed by atoms with E-state index in [1.54, 1.807) is 13.3 Å². The fourth-order valence-electron chi connectivity index (χ4n) is 3.94. The lowest BCUT2D eigenvalue weighted by Crippen LogP contribution is -2.54. The number of piperazine rings is 1. The van der Waals surface area contributed by atoms with Crippen molar-refractivity contribution in [2.24, 2.45) is 0 Å². The fraction of sp³-hybridized carbons (Fsp3) is 0.364. The minimum Gasteiger partial charge on any atom is -0.496 e. The molecule has 7 heteroatoms. The summed E-state index contributed by atoms with van der Waals surface area (Å²) >= 11 is 0. The van der Waals surface area contributed by atoms with Crippen molar-refractivity contribution in [3.8, 4) is 5.75 Å². The van der Waals surface area contributed by atoms with Gasteiger partial charge in [0.05, 0.1) is 18.3 Å². The van der Waals surface area contributed by atoms with Gasteiger partial charge in [-0.15, -0.1) is 0 Å². The molecule has 29 heavy (non-hydrogen) atoms. The van der Waals surface area contributed by atoms with E-state index in [9.17, 15) is 4.79 Å². The number of benzene rings is 1. The predicted molar refractivity (Wildman–Crippen MR) is 117 cm³/mol. The average molecular weight is 393 g/mol. The van der Waals surface area contributed by atoms with Crippen molar-refractivity contribution in [1.29, 1.82) is 0 Å². The molecule has 1 fully saturated rings. The number of ether oxygens (including phenoxy) is 1. The highest BCUT2D eigenvalue weighted by molar-refractivity contribution is 5.90. The Hall–Kier alpha value is -3.22. The molecule has 7 nitrogen and oxygen atoms in total. The number of carbonyl (C=O) groups is 1. The number of nitrogens with zero attached hydrogens (tertiary/aromatic N) is 3. The molecular formula is C22H27N5O2. The van der Waals surface area contributed by atoms with E-state index < -0.39 is 0 Å². The molecule has 2 aromatic heterocycles. The molecule has 1 aliphatic heterocycles. The summed E-state index contributed by atoms with van der Waals surface area (Å²) in [6.45, 7) is 6.29. The molecule has 3 aromatic rings. The Morgan fingerprint density at radius 1 is 1.28 bits per heavy atom. The Kier molecular flexibility index (Phi) is 5.29. The standard InChI is InChI=1S/C22H27N5O2/c1-15(2)24-19-7-5-9-23-22(19)26-10-11-27(16(13-26)14-28)21-12-17-18(25-21)6-4-8-20(17)29-3/h4-9,12,14-16,24-25H,10-11,13H2,1-3H3. The second-order valence-corrected chi connectivity index (χ2v) is 7.59. The van der Waals surface area contributed by atoms with E-state index >= 15 is 0 Å². The van der Waals surface area contributed by atoms with Gasteiger partial charge in [0, 0.05) is 37.3 Å². The molecule has 1 aliphatic rings. The highest BCUT2D eigenvalue weighted by Crippen LogP contribution is 2.32. The first-order valence-corrected chi connectivity index (χ1v) is 9.95. The number of rotatable bonds is 6. The van der Waals surface area contributed by atoms with Gasteiger partial charge in [-0.3, -0.25) is 0 Å². The third-order valence-corrected chi connectivity index (χ3v) is 5.25. The highest BCUT2D eigenvalue weighted by atomic mass is 16.5. The zero-order valence-electron chi connectivity index (χ0n) is 17.1. The van der Waals surface area contributed by atoms with Crippen molar-refractivity contribution in [1.82, 2.24) is 9.97 Å². The van der Waals surface area contributed by atoms with E-state index in [2.05, 4.69) is 45.0 Å². The number of hydrogen-bond acceptors (Lipinski definition) is 6. The van der Waals surface area contributed by atoms with Gasteiger partial charge in [-0.1, -0.05) is 6.07 Å². The van der Waals surface area contributed by atoms with Crippen LogP contribution < -0.4 is 19.9 Å². The van der Waals surface area contributed by atoms with Crippen LogP contribution in [0.15, 0.2) is 42.6 Å². The fourth-order valence-corrected chi connectivity index (χ4v) is 3.94. The molecule has 1 unspecified atom stereocenters. The van der Waals surface area contributed by atoms with E-state index in [0.717, 1.165) is 53.4 Å². The molecule has 0 saturated carbocycles. The molecule has 4 rings (SSSR count). The van der Waals surface area contributed by atoms with Crippen LogP contribution in [0, 0.1) is 0 Å². The van der Waals surface area contributed by atoms with Crippen LogP contribution in [0.4, 0.5) is 17.3 Å². The first-order valence-electron chi connectivity index (χ1n) is 9.95. The van der Waals surface area contributed by atoms with Gasteiger partial charge >= 0.3 is 0 Å². The van der Waals surface area contributed by atoms with Crippen molar-refractivity contribution in [2.45, 2.75) is 25.9 Å². The molecule has 0 amide bonds. The largest absolute Gasteiger partial charge is 0.496 e. The lowest BCUT2D eigenvalue weighted by Gasteiger charge is -2.40. The summed E-state index contributed by atoms with van der Waals surface area (Å²) in [5, 5.41) is 4.47. The normalized spacial score (nSPS) is 17.0. The number of pyridine rings is 1. The van der Waals surface area contributed by atoms with Crippen LogP contribution in [0.25, 0.3) is 10.9 Å². The summed E-state index contributed by atoms with van der Waals surface area (Å²) < 4.78 is 5.47. The highest BCUT2D eigenvalue weighted by Gasteiger charge is 2.30. The monoisotopic (exact) mass is 393 g/mol. The summed E-state index contributed by atoms with van der Waals surface area (Å²) in [5.74, 6) is 2.65. The Labute approximate surface area is 170 Å². The SMILES string of the molecule is COc1cccc2[nH]c(N3CCN(c4ncccc4NC(C)C)CC3C=O)cc12. The molecule has 1 saturated heterocycles. The first-order chi connectivity index (χ1) is 14.1. The maximum atomic E-state index is 12.0. The van der Waals surface area contributed by atoms with Crippen molar-refractivity contribution < 1.29 is 9.53 Å². The van der Waals surface area contributed by atoms with Crippen LogP contribution >= 0.6 is 0 Å². The van der Waals surface area contributed by atoms with Gasteiger partial charge < -0.3 is 29.6 Å². The maximum Gasteiger partial charge on any atom is 0.152 e. The van der Waals surface area contributed by atoms with Gasteiger partial charge in [-0.05, 0) is 44.2 Å². The second kappa shape index (κ2) is 8.03. The van der Waals surface area contributed by atoms with Gasteiger partial charge in [0.15, 0.2) is 5.82 Å². The van der Waals surface area contributed by atoms with Crippen molar-refractivity contribution in [3.63, 3.8) is 0 Å². The van der Waals surface area contributed by atoms with E-state index in [1.165, 1.54) is 0 Å². The predicted octanol–water partition coefficient (Wildman–Crippen LogP) is 3.29. The molecule has 152 valence electrons. The number of fused-ring (bicyclic) bond motifs is 1. The number of anilines is 3. The van der Waals surface area contributed by atoms with Crippen molar-refractivity contribution >= 4 is 34.5 Å². The smallest absolute Gasteiger partial charge is 0.152 e. The third kappa shape index (κ3) is 3.72. The van der Waals surface area contributed by atoms with E-state index in [-0.39, 0.29) is 6.04 Å². The lowest BCUT2D eigenvalue weighted by atomic mass is 10.1. The molecule has 3 heterocycles. The van der Waals surface area contributed by atoms with Crippen LogP contribution in [0.3, 0.4) is 0 Å². The van der Waals surface area contributed by atoms with Gasteiger partial charge in [-0.2, -0.15) is 0 Å². The minimum atomic E-state index is -0.267. The second-order valence-electron chi connectivity index (χ2n) is 7.59. The lowest BCUT2D eigenvalue weighted by molar-refractivity contribution is -0.109. The van der Waals surface area contributed by atoms with E-state index in [4.69, 9.17) is 4.74 Å². The van der Waals surface area contributed by atoms with Crippen LogP contribution in [-0.2, 0) is 4.79 Å². The average Bonchev–Trinajstić information content (AvgIpc) is 3.17.